The van der Waals surface area contributed by atoms with Gasteiger partial charge in [0.25, 0.3) is 10.0 Å². The van der Waals surface area contributed by atoms with Crippen LogP contribution in [-0.4, -0.2) is 47.8 Å². The van der Waals surface area contributed by atoms with Crippen molar-refractivity contribution in [2.75, 3.05) is 13.1 Å². The fourth-order valence-electron chi connectivity index (χ4n) is 2.17. The van der Waals surface area contributed by atoms with E-state index in [2.05, 4.69) is 4.98 Å². The van der Waals surface area contributed by atoms with E-state index in [4.69, 9.17) is 10.8 Å². The zero-order valence-electron chi connectivity index (χ0n) is 11.1. The molecule has 114 valence electrons. The second kappa shape index (κ2) is 5.78. The second-order valence-corrected chi connectivity index (χ2v) is 6.66. The summed E-state index contributed by atoms with van der Waals surface area (Å²) in [6, 6.07) is 2.36. The SMILES string of the molecule is NC(=O)C1CCN(S(=O)(=O)c2ccc(C(=O)O)cn2)CC1. The molecule has 1 fully saturated rings. The summed E-state index contributed by atoms with van der Waals surface area (Å²) in [5.41, 5.74) is 5.12. The molecule has 0 unspecified atom stereocenters. The quantitative estimate of drug-likeness (QED) is 0.782. The molecule has 8 nitrogen and oxygen atoms in total. The van der Waals surface area contributed by atoms with Crippen LogP contribution in [0.3, 0.4) is 0 Å². The molecule has 1 aromatic rings. The van der Waals surface area contributed by atoms with Gasteiger partial charge in [-0.25, -0.2) is 18.2 Å². The smallest absolute Gasteiger partial charge is 0.337 e. The number of aromatic nitrogens is 1. The first-order valence-corrected chi connectivity index (χ1v) is 7.75. The number of nitrogens with two attached hydrogens (primary N) is 1. The van der Waals surface area contributed by atoms with Gasteiger partial charge in [0, 0.05) is 25.2 Å². The highest BCUT2D eigenvalue weighted by Crippen LogP contribution is 2.22. The summed E-state index contributed by atoms with van der Waals surface area (Å²) in [5.74, 6) is -1.90. The Morgan fingerprint density at radius 1 is 1.29 bits per heavy atom. The minimum absolute atomic E-state index is 0.0820. The molecule has 0 aromatic carbocycles. The number of carboxylic acid groups (broad SMARTS) is 1. The standard InChI is InChI=1S/C12H15N3O5S/c13-11(16)8-3-5-15(6-4-8)21(19,20)10-2-1-9(7-14-10)12(17)18/h1-2,7-8H,3-6H2,(H2,13,16)(H,17,18). The molecular formula is C12H15N3O5S. The highest BCUT2D eigenvalue weighted by molar-refractivity contribution is 7.89. The van der Waals surface area contributed by atoms with Crippen molar-refractivity contribution in [3.63, 3.8) is 0 Å². The van der Waals surface area contributed by atoms with Crippen molar-refractivity contribution in [1.82, 2.24) is 9.29 Å². The zero-order chi connectivity index (χ0) is 15.6. The zero-order valence-corrected chi connectivity index (χ0v) is 11.9. The van der Waals surface area contributed by atoms with Crippen LogP contribution in [-0.2, 0) is 14.8 Å². The van der Waals surface area contributed by atoms with Gasteiger partial charge in [0.1, 0.15) is 0 Å². The first kappa shape index (κ1) is 15.4. The summed E-state index contributed by atoms with van der Waals surface area (Å²) in [7, 11) is -3.78. The summed E-state index contributed by atoms with van der Waals surface area (Å²) >= 11 is 0. The summed E-state index contributed by atoms with van der Waals surface area (Å²) in [5, 5.41) is 8.56. The number of carbonyl (C=O) groups excluding carboxylic acids is 1. The van der Waals surface area contributed by atoms with Gasteiger partial charge in [0.2, 0.25) is 5.91 Å². The van der Waals surface area contributed by atoms with E-state index in [9.17, 15) is 18.0 Å². The van der Waals surface area contributed by atoms with Crippen LogP contribution in [0.1, 0.15) is 23.2 Å². The largest absolute Gasteiger partial charge is 0.478 e. The summed E-state index contributed by atoms with van der Waals surface area (Å²) in [6.45, 7) is 0.386. The molecule has 1 aliphatic rings. The maximum Gasteiger partial charge on any atom is 0.337 e. The highest BCUT2D eigenvalue weighted by atomic mass is 32.2. The van der Waals surface area contributed by atoms with Crippen LogP contribution in [0.2, 0.25) is 0 Å². The summed E-state index contributed by atoms with van der Waals surface area (Å²) < 4.78 is 25.9. The van der Waals surface area contributed by atoms with Gasteiger partial charge >= 0.3 is 5.97 Å². The molecule has 9 heteroatoms. The lowest BCUT2D eigenvalue weighted by Gasteiger charge is -2.29. The number of carboxylic acids is 1. The van der Waals surface area contributed by atoms with Crippen molar-refractivity contribution in [2.24, 2.45) is 11.7 Å². The normalized spacial score (nSPS) is 17.5. The minimum atomic E-state index is -3.78. The predicted molar refractivity (Wildman–Crippen MR) is 71.9 cm³/mol. The molecule has 1 aliphatic heterocycles. The van der Waals surface area contributed by atoms with Crippen LogP contribution in [0.4, 0.5) is 0 Å². The molecule has 0 bridgehead atoms. The Hall–Kier alpha value is -2.00. The molecule has 3 N–H and O–H groups in total. The van der Waals surface area contributed by atoms with Crippen molar-refractivity contribution < 1.29 is 23.1 Å². The van der Waals surface area contributed by atoms with E-state index in [0.29, 0.717) is 12.8 Å². The Kier molecular flexibility index (Phi) is 4.24. The van der Waals surface area contributed by atoms with Gasteiger partial charge in [0.05, 0.1) is 5.56 Å². The van der Waals surface area contributed by atoms with Crippen molar-refractivity contribution in [3.05, 3.63) is 23.9 Å². The van der Waals surface area contributed by atoms with Crippen molar-refractivity contribution >= 4 is 21.9 Å². The Balaban J connectivity index is 2.15. The van der Waals surface area contributed by atoms with Crippen LogP contribution >= 0.6 is 0 Å². The molecule has 0 aliphatic carbocycles. The number of sulfonamides is 1. The number of pyridine rings is 1. The Morgan fingerprint density at radius 2 is 1.90 bits per heavy atom. The Morgan fingerprint density at radius 3 is 2.33 bits per heavy atom. The van der Waals surface area contributed by atoms with E-state index in [1.807, 2.05) is 0 Å². The molecule has 0 radical (unpaired) electrons. The molecular weight excluding hydrogens is 298 g/mol. The molecule has 2 heterocycles. The number of primary amides is 1. The number of hydrogen-bond acceptors (Lipinski definition) is 5. The average molecular weight is 313 g/mol. The van der Waals surface area contributed by atoms with Crippen LogP contribution in [0.15, 0.2) is 23.4 Å². The monoisotopic (exact) mass is 313 g/mol. The van der Waals surface area contributed by atoms with Gasteiger partial charge in [-0.1, -0.05) is 0 Å². The van der Waals surface area contributed by atoms with Crippen LogP contribution in [0, 0.1) is 5.92 Å². The lowest BCUT2D eigenvalue weighted by atomic mass is 9.98. The molecule has 0 spiro atoms. The number of piperidine rings is 1. The van der Waals surface area contributed by atoms with E-state index < -0.39 is 21.9 Å². The molecule has 1 aromatic heterocycles. The first-order valence-electron chi connectivity index (χ1n) is 6.31. The third kappa shape index (κ3) is 3.19. The minimum Gasteiger partial charge on any atom is -0.478 e. The van der Waals surface area contributed by atoms with E-state index >= 15 is 0 Å². The number of aromatic carboxylic acids is 1. The lowest BCUT2D eigenvalue weighted by Crippen LogP contribution is -2.41. The second-order valence-electron chi connectivity index (χ2n) is 4.77. The number of amides is 1. The third-order valence-electron chi connectivity index (χ3n) is 3.44. The lowest BCUT2D eigenvalue weighted by molar-refractivity contribution is -0.122. The van der Waals surface area contributed by atoms with Gasteiger partial charge in [-0.05, 0) is 25.0 Å². The van der Waals surface area contributed by atoms with Gasteiger partial charge in [-0.15, -0.1) is 0 Å². The first-order chi connectivity index (χ1) is 9.82. The maximum absolute atomic E-state index is 12.3. The molecule has 1 saturated heterocycles. The van der Waals surface area contributed by atoms with Gasteiger partial charge in [0.15, 0.2) is 5.03 Å². The van der Waals surface area contributed by atoms with E-state index in [0.717, 1.165) is 6.20 Å². The third-order valence-corrected chi connectivity index (χ3v) is 5.26. The van der Waals surface area contributed by atoms with Crippen LogP contribution in [0.25, 0.3) is 0 Å². The van der Waals surface area contributed by atoms with Crippen LogP contribution in [0.5, 0.6) is 0 Å². The van der Waals surface area contributed by atoms with Gasteiger partial charge < -0.3 is 10.8 Å². The van der Waals surface area contributed by atoms with E-state index in [1.54, 1.807) is 0 Å². The van der Waals surface area contributed by atoms with Gasteiger partial charge in [-0.2, -0.15) is 4.31 Å². The summed E-state index contributed by atoms with van der Waals surface area (Å²) in [6.07, 6.45) is 1.76. The van der Waals surface area contributed by atoms with Crippen molar-refractivity contribution in [1.29, 1.82) is 0 Å². The van der Waals surface area contributed by atoms with Gasteiger partial charge in [-0.3, -0.25) is 4.79 Å². The Labute approximate surface area is 121 Å². The molecule has 1 amide bonds. The van der Waals surface area contributed by atoms with Crippen LogP contribution < -0.4 is 5.73 Å². The van der Waals surface area contributed by atoms with Crippen molar-refractivity contribution in [2.45, 2.75) is 17.9 Å². The number of rotatable bonds is 4. The molecule has 0 saturated carbocycles. The fraction of sp³-hybridized carbons (Fsp3) is 0.417. The molecule has 2 rings (SSSR count). The predicted octanol–water partition coefficient (Wildman–Crippen LogP) is -0.334. The number of nitrogens with zero attached hydrogens (tertiary/aromatic N) is 2. The summed E-state index contributed by atoms with van der Waals surface area (Å²) in [4.78, 5) is 25.5. The topological polar surface area (TPSA) is 131 Å². The molecule has 21 heavy (non-hydrogen) atoms. The van der Waals surface area contributed by atoms with Crippen molar-refractivity contribution in [3.8, 4) is 0 Å². The van der Waals surface area contributed by atoms with E-state index in [-0.39, 0.29) is 29.6 Å². The van der Waals surface area contributed by atoms with E-state index in [1.165, 1.54) is 16.4 Å². The number of hydrogen-bond donors (Lipinski definition) is 2. The fourth-order valence-corrected chi connectivity index (χ4v) is 3.55. The maximum atomic E-state index is 12.3. The Bertz CT molecular complexity index is 648. The highest BCUT2D eigenvalue weighted by Gasteiger charge is 2.32. The number of carbonyl (C=O) groups is 2. The molecule has 0 atom stereocenters. The average Bonchev–Trinajstić information content (AvgIpc) is 2.47.